The number of anilines is 1. The van der Waals surface area contributed by atoms with E-state index in [-0.39, 0.29) is 32.8 Å². The number of esters is 2. The molecule has 0 atom stereocenters. The third-order valence-electron chi connectivity index (χ3n) is 3.61. The van der Waals surface area contributed by atoms with Crippen molar-refractivity contribution in [3.63, 3.8) is 0 Å². The second-order valence-corrected chi connectivity index (χ2v) is 8.11. The molecule has 10 heteroatoms. The average molecular weight is 446 g/mol. The summed E-state index contributed by atoms with van der Waals surface area (Å²) >= 11 is 12.0. The molecule has 2 aromatic carbocycles. The lowest BCUT2D eigenvalue weighted by Crippen LogP contribution is -2.36. The molecule has 28 heavy (non-hydrogen) atoms. The average Bonchev–Trinajstić information content (AvgIpc) is 2.67. The van der Waals surface area contributed by atoms with Crippen LogP contribution in [0.1, 0.15) is 17.3 Å². The smallest absolute Gasteiger partial charge is 0.338 e. The van der Waals surface area contributed by atoms with Gasteiger partial charge in [0.2, 0.25) is 0 Å². The highest BCUT2D eigenvalue weighted by Crippen LogP contribution is 2.31. The molecule has 0 aliphatic heterocycles. The highest BCUT2D eigenvalue weighted by atomic mass is 35.5. The van der Waals surface area contributed by atoms with Gasteiger partial charge in [0.15, 0.2) is 0 Å². The number of rotatable bonds is 7. The lowest BCUT2D eigenvalue weighted by Gasteiger charge is -2.24. The molecule has 0 aromatic heterocycles. The van der Waals surface area contributed by atoms with Crippen molar-refractivity contribution in [1.29, 1.82) is 0 Å². The molecule has 0 aliphatic carbocycles. The van der Waals surface area contributed by atoms with Crippen LogP contribution in [0.2, 0.25) is 10.0 Å². The topological polar surface area (TPSA) is 90.0 Å². The normalized spacial score (nSPS) is 11.0. The number of hydrogen-bond acceptors (Lipinski definition) is 6. The highest BCUT2D eigenvalue weighted by Gasteiger charge is 2.30. The fraction of sp³-hybridized carbons (Fsp3) is 0.222. The number of carbonyl (C=O) groups is 2. The van der Waals surface area contributed by atoms with Gasteiger partial charge in [-0.15, -0.1) is 0 Å². The molecule has 0 fully saturated rings. The van der Waals surface area contributed by atoms with Gasteiger partial charge < -0.3 is 9.47 Å². The minimum atomic E-state index is -4.30. The van der Waals surface area contributed by atoms with Gasteiger partial charge in [0.25, 0.3) is 10.0 Å². The Morgan fingerprint density at radius 3 is 2.46 bits per heavy atom. The SMILES string of the molecule is CCOC(=O)c1cccc(N(CC(=O)OC)S(=O)(=O)c2cc(Cl)ccc2Cl)c1. The fourth-order valence-electron chi connectivity index (χ4n) is 2.29. The molecule has 0 N–H and O–H groups in total. The lowest BCUT2D eigenvalue weighted by molar-refractivity contribution is -0.138. The van der Waals surface area contributed by atoms with Crippen LogP contribution < -0.4 is 4.31 Å². The van der Waals surface area contributed by atoms with E-state index in [0.717, 1.165) is 11.4 Å². The van der Waals surface area contributed by atoms with Crippen LogP contribution in [0.15, 0.2) is 47.4 Å². The molecule has 0 radical (unpaired) electrons. The van der Waals surface area contributed by atoms with Gasteiger partial charge in [0.05, 0.1) is 30.0 Å². The van der Waals surface area contributed by atoms with Crippen LogP contribution in [0.25, 0.3) is 0 Å². The van der Waals surface area contributed by atoms with Crippen LogP contribution in [0, 0.1) is 0 Å². The largest absolute Gasteiger partial charge is 0.468 e. The summed E-state index contributed by atoms with van der Waals surface area (Å²) in [6.07, 6.45) is 0. The van der Waals surface area contributed by atoms with E-state index in [1.807, 2.05) is 0 Å². The number of methoxy groups -OCH3 is 1. The van der Waals surface area contributed by atoms with Gasteiger partial charge in [-0.1, -0.05) is 29.3 Å². The summed E-state index contributed by atoms with van der Waals surface area (Å²) in [7, 11) is -3.17. The fourth-order valence-corrected chi connectivity index (χ4v) is 4.43. The van der Waals surface area contributed by atoms with E-state index < -0.39 is 28.5 Å². The Morgan fingerprint density at radius 1 is 1.11 bits per heavy atom. The standard InChI is InChI=1S/C18H17Cl2NO6S/c1-3-27-18(23)12-5-4-6-14(9-12)21(11-17(22)26-2)28(24,25)16-10-13(19)7-8-15(16)20/h4-10H,3,11H2,1-2H3. The van der Waals surface area contributed by atoms with Crippen LogP contribution >= 0.6 is 23.2 Å². The molecule has 7 nitrogen and oxygen atoms in total. The molecule has 0 heterocycles. The number of hydrogen-bond donors (Lipinski definition) is 0. The highest BCUT2D eigenvalue weighted by molar-refractivity contribution is 7.93. The van der Waals surface area contributed by atoms with Gasteiger partial charge >= 0.3 is 11.9 Å². The Hall–Kier alpha value is -2.29. The van der Waals surface area contributed by atoms with Gasteiger partial charge in [-0.25, -0.2) is 13.2 Å². The van der Waals surface area contributed by atoms with Crippen LogP contribution in [-0.4, -0.2) is 40.6 Å². The van der Waals surface area contributed by atoms with E-state index >= 15 is 0 Å². The number of halogens is 2. The quantitative estimate of drug-likeness (QED) is 0.605. The Kier molecular flexibility index (Phi) is 7.29. The van der Waals surface area contributed by atoms with Crippen molar-refractivity contribution in [2.75, 3.05) is 24.6 Å². The van der Waals surface area contributed by atoms with Gasteiger partial charge in [0.1, 0.15) is 11.4 Å². The zero-order valence-corrected chi connectivity index (χ0v) is 17.3. The molecule has 0 saturated carbocycles. The first kappa shape index (κ1) is 22.0. The summed E-state index contributed by atoms with van der Waals surface area (Å²) in [5.74, 6) is -1.43. The van der Waals surface area contributed by atoms with Crippen molar-refractivity contribution in [3.05, 3.63) is 58.1 Å². The van der Waals surface area contributed by atoms with Gasteiger partial charge in [-0.05, 0) is 43.3 Å². The summed E-state index contributed by atoms with van der Waals surface area (Å²) in [5, 5.41) is 0.0853. The monoisotopic (exact) mass is 445 g/mol. The number of sulfonamides is 1. The van der Waals surface area contributed by atoms with E-state index in [1.54, 1.807) is 6.92 Å². The molecular formula is C18H17Cl2NO6S. The van der Waals surface area contributed by atoms with Crippen molar-refractivity contribution in [1.82, 2.24) is 0 Å². The first-order chi connectivity index (χ1) is 13.2. The Morgan fingerprint density at radius 2 is 1.82 bits per heavy atom. The maximum absolute atomic E-state index is 13.2. The first-order valence-electron chi connectivity index (χ1n) is 8.02. The van der Waals surface area contributed by atoms with Crippen LogP contribution in [0.4, 0.5) is 5.69 Å². The van der Waals surface area contributed by atoms with Crippen molar-refractivity contribution in [2.24, 2.45) is 0 Å². The third-order valence-corrected chi connectivity index (χ3v) is 6.10. The Balaban J connectivity index is 2.60. The molecule has 2 aromatic rings. The van der Waals surface area contributed by atoms with Crippen molar-refractivity contribution >= 4 is 50.9 Å². The van der Waals surface area contributed by atoms with E-state index in [2.05, 4.69) is 4.74 Å². The molecule has 0 bridgehead atoms. The zero-order valence-electron chi connectivity index (χ0n) is 15.0. The summed E-state index contributed by atoms with van der Waals surface area (Å²) in [4.78, 5) is 23.6. The molecule has 0 spiro atoms. The molecule has 0 aliphatic rings. The molecule has 150 valence electrons. The Bertz CT molecular complexity index is 993. The Labute approximate surface area is 172 Å². The molecule has 0 unspecified atom stereocenters. The number of benzene rings is 2. The van der Waals surface area contributed by atoms with E-state index in [4.69, 9.17) is 27.9 Å². The minimum absolute atomic E-state index is 0.0620. The van der Waals surface area contributed by atoms with Crippen molar-refractivity contribution in [3.8, 4) is 0 Å². The van der Waals surface area contributed by atoms with E-state index in [9.17, 15) is 18.0 Å². The lowest BCUT2D eigenvalue weighted by atomic mass is 10.2. The molecule has 0 saturated heterocycles. The van der Waals surface area contributed by atoms with Gasteiger partial charge in [-0.2, -0.15) is 0 Å². The maximum Gasteiger partial charge on any atom is 0.338 e. The third kappa shape index (κ3) is 4.95. The van der Waals surface area contributed by atoms with Crippen LogP contribution in [-0.2, 0) is 24.3 Å². The summed E-state index contributed by atoms with van der Waals surface area (Å²) in [5.41, 5.74) is 0.189. The van der Waals surface area contributed by atoms with E-state index in [0.29, 0.717) is 0 Å². The van der Waals surface area contributed by atoms with Crippen molar-refractivity contribution < 1.29 is 27.5 Å². The second kappa shape index (κ2) is 9.27. The predicted octanol–water partition coefficient (Wildman–Crippen LogP) is 3.54. The maximum atomic E-state index is 13.2. The summed E-state index contributed by atoms with van der Waals surface area (Å²) < 4.78 is 36.8. The summed E-state index contributed by atoms with van der Waals surface area (Å²) in [6, 6.07) is 9.63. The second-order valence-electron chi connectivity index (χ2n) is 5.43. The van der Waals surface area contributed by atoms with Crippen molar-refractivity contribution in [2.45, 2.75) is 11.8 Å². The number of carbonyl (C=O) groups excluding carboxylic acids is 2. The molecule has 0 amide bonds. The van der Waals surface area contributed by atoms with Crippen LogP contribution in [0.3, 0.4) is 0 Å². The summed E-state index contributed by atoms with van der Waals surface area (Å²) in [6.45, 7) is 1.18. The predicted molar refractivity (Wildman–Crippen MR) is 105 cm³/mol. The van der Waals surface area contributed by atoms with Crippen LogP contribution in [0.5, 0.6) is 0 Å². The zero-order chi connectivity index (χ0) is 20.9. The van der Waals surface area contributed by atoms with Gasteiger partial charge in [-0.3, -0.25) is 9.10 Å². The number of nitrogens with zero attached hydrogens (tertiary/aromatic N) is 1. The molecule has 2 rings (SSSR count). The van der Waals surface area contributed by atoms with Gasteiger partial charge in [0, 0.05) is 5.02 Å². The minimum Gasteiger partial charge on any atom is -0.468 e. The first-order valence-corrected chi connectivity index (χ1v) is 10.2. The number of ether oxygens (including phenoxy) is 2. The van der Waals surface area contributed by atoms with E-state index in [1.165, 1.54) is 42.5 Å². The molecular weight excluding hydrogens is 429 g/mol.